The molecule has 4 heterocycles. The first kappa shape index (κ1) is 28.0. The van der Waals surface area contributed by atoms with Gasteiger partial charge in [0, 0.05) is 30.8 Å². The molecule has 6 rings (SSSR count). The quantitative estimate of drug-likeness (QED) is 0.189. The molecule has 1 aliphatic rings. The molecule has 0 fully saturated rings. The van der Waals surface area contributed by atoms with E-state index >= 15 is 0 Å². The van der Waals surface area contributed by atoms with E-state index < -0.39 is 23.6 Å². The number of hydrogen-bond acceptors (Lipinski definition) is 6. The molecule has 2 aromatic carbocycles. The fraction of sp³-hybridized carbons (Fsp3) is 0.194. The molecule has 0 saturated heterocycles. The number of aryl methyl sites for hydroxylation is 1. The van der Waals surface area contributed by atoms with E-state index in [1.807, 2.05) is 41.9 Å². The van der Waals surface area contributed by atoms with E-state index in [2.05, 4.69) is 19.9 Å². The lowest BCUT2D eigenvalue weighted by Crippen LogP contribution is -2.37. The van der Waals surface area contributed by atoms with E-state index in [1.54, 1.807) is 6.08 Å². The Labute approximate surface area is 243 Å². The fourth-order valence-electron chi connectivity index (χ4n) is 5.39. The fourth-order valence-corrected chi connectivity index (χ4v) is 5.39. The largest absolute Gasteiger partial charge is 0.480 e. The van der Waals surface area contributed by atoms with Crippen LogP contribution in [0, 0.1) is 5.82 Å². The smallest absolute Gasteiger partial charge is 0.433 e. The molecule has 3 aromatic heterocycles. The van der Waals surface area contributed by atoms with Gasteiger partial charge < -0.3 is 14.2 Å². The van der Waals surface area contributed by atoms with Crippen LogP contribution < -0.4 is 4.74 Å². The standard InChI is InChI=1S/C31H24F4N6O2/c1-40-26(18-8-4-3-5-9-18)21(25-29(40)36-17-37-30(25)43-2)12-13-24(42)41-15-14-20-23(16-41)38-28(39-27(20)31(33,34)35)19-10-6-7-11-22(19)32/h3-13,17H,14-16H2,1-2H3/b13-12+. The summed E-state index contributed by atoms with van der Waals surface area (Å²) in [5, 5.41) is 0.608. The van der Waals surface area contributed by atoms with E-state index in [9.17, 15) is 22.4 Å². The number of carbonyl (C=O) groups excluding carboxylic acids is 1. The van der Waals surface area contributed by atoms with Gasteiger partial charge in [-0.1, -0.05) is 42.5 Å². The second kappa shape index (κ2) is 10.9. The molecule has 8 nitrogen and oxygen atoms in total. The van der Waals surface area contributed by atoms with Crippen LogP contribution in [0.15, 0.2) is 67.0 Å². The second-order valence-corrected chi connectivity index (χ2v) is 9.91. The summed E-state index contributed by atoms with van der Waals surface area (Å²) in [7, 11) is 3.34. The minimum Gasteiger partial charge on any atom is -0.480 e. The third-order valence-electron chi connectivity index (χ3n) is 7.36. The lowest BCUT2D eigenvalue weighted by Gasteiger charge is -2.29. The molecule has 0 bridgehead atoms. The highest BCUT2D eigenvalue weighted by molar-refractivity contribution is 6.02. The first-order valence-electron chi connectivity index (χ1n) is 13.3. The molecule has 0 saturated carbocycles. The number of carbonyl (C=O) groups is 1. The predicted octanol–water partition coefficient (Wildman–Crippen LogP) is 5.86. The van der Waals surface area contributed by atoms with Crippen molar-refractivity contribution in [1.82, 2.24) is 29.4 Å². The number of fused-ring (bicyclic) bond motifs is 2. The molecular formula is C31H24F4N6O2. The van der Waals surface area contributed by atoms with Gasteiger partial charge in [0.2, 0.25) is 11.8 Å². The van der Waals surface area contributed by atoms with E-state index in [1.165, 1.54) is 42.6 Å². The van der Waals surface area contributed by atoms with Gasteiger partial charge in [-0.2, -0.15) is 13.2 Å². The zero-order chi connectivity index (χ0) is 30.3. The Bertz CT molecular complexity index is 1890. The molecule has 0 aliphatic carbocycles. The maximum Gasteiger partial charge on any atom is 0.433 e. The number of amides is 1. The van der Waals surface area contributed by atoms with Crippen LogP contribution in [0.5, 0.6) is 5.88 Å². The molecule has 0 unspecified atom stereocenters. The summed E-state index contributed by atoms with van der Waals surface area (Å²) in [4.78, 5) is 31.5. The minimum absolute atomic E-state index is 0.0230. The highest BCUT2D eigenvalue weighted by Crippen LogP contribution is 2.38. The van der Waals surface area contributed by atoms with E-state index in [4.69, 9.17) is 4.74 Å². The minimum atomic E-state index is -4.78. The molecule has 218 valence electrons. The summed E-state index contributed by atoms with van der Waals surface area (Å²) >= 11 is 0. The molecule has 5 aromatic rings. The highest BCUT2D eigenvalue weighted by Gasteiger charge is 2.39. The molecular weight excluding hydrogens is 564 g/mol. The lowest BCUT2D eigenvalue weighted by molar-refractivity contribution is -0.142. The molecule has 0 N–H and O–H groups in total. The van der Waals surface area contributed by atoms with Crippen molar-refractivity contribution in [2.75, 3.05) is 13.7 Å². The summed E-state index contributed by atoms with van der Waals surface area (Å²) in [6.45, 7) is -0.172. The van der Waals surface area contributed by atoms with Crippen molar-refractivity contribution < 1.29 is 27.1 Å². The average Bonchev–Trinajstić information content (AvgIpc) is 3.30. The van der Waals surface area contributed by atoms with Crippen LogP contribution in [0.2, 0.25) is 0 Å². The number of halogens is 4. The maximum absolute atomic E-state index is 14.5. The van der Waals surface area contributed by atoms with Crippen molar-refractivity contribution in [3.63, 3.8) is 0 Å². The third-order valence-corrected chi connectivity index (χ3v) is 7.36. The molecule has 1 amide bonds. The van der Waals surface area contributed by atoms with Gasteiger partial charge in [0.25, 0.3) is 0 Å². The Morgan fingerprint density at radius 2 is 1.77 bits per heavy atom. The Balaban J connectivity index is 1.38. The van der Waals surface area contributed by atoms with Gasteiger partial charge in [0.1, 0.15) is 17.8 Å². The van der Waals surface area contributed by atoms with Gasteiger partial charge in [-0.15, -0.1) is 0 Å². The number of rotatable bonds is 5. The van der Waals surface area contributed by atoms with Crippen molar-refractivity contribution in [1.29, 1.82) is 0 Å². The monoisotopic (exact) mass is 588 g/mol. The van der Waals surface area contributed by atoms with Gasteiger partial charge in [-0.25, -0.2) is 24.3 Å². The van der Waals surface area contributed by atoms with Crippen LogP contribution >= 0.6 is 0 Å². The number of benzene rings is 2. The second-order valence-electron chi connectivity index (χ2n) is 9.91. The van der Waals surface area contributed by atoms with Crippen LogP contribution in [0.3, 0.4) is 0 Å². The molecule has 0 spiro atoms. The van der Waals surface area contributed by atoms with Gasteiger partial charge >= 0.3 is 6.18 Å². The lowest BCUT2D eigenvalue weighted by atomic mass is 10.0. The number of ether oxygens (including phenoxy) is 1. The Morgan fingerprint density at radius 1 is 1.02 bits per heavy atom. The van der Waals surface area contributed by atoms with Crippen LogP contribution in [0.25, 0.3) is 39.8 Å². The number of methoxy groups -OCH3 is 1. The zero-order valence-electron chi connectivity index (χ0n) is 23.1. The van der Waals surface area contributed by atoms with Crippen molar-refractivity contribution in [3.05, 3.63) is 95.3 Å². The van der Waals surface area contributed by atoms with Crippen LogP contribution in [-0.4, -0.2) is 49.0 Å². The Kier molecular flexibility index (Phi) is 7.12. The van der Waals surface area contributed by atoms with Crippen molar-refractivity contribution in [3.8, 4) is 28.5 Å². The maximum atomic E-state index is 14.5. The number of hydrogen-bond donors (Lipinski definition) is 0. The number of alkyl halides is 3. The Morgan fingerprint density at radius 3 is 2.49 bits per heavy atom. The molecule has 1 aliphatic heterocycles. The van der Waals surface area contributed by atoms with Crippen LogP contribution in [0.4, 0.5) is 17.6 Å². The van der Waals surface area contributed by atoms with E-state index in [0.717, 1.165) is 17.3 Å². The van der Waals surface area contributed by atoms with E-state index in [-0.39, 0.29) is 42.2 Å². The summed E-state index contributed by atoms with van der Waals surface area (Å²) in [6, 6.07) is 14.9. The third kappa shape index (κ3) is 5.09. The van der Waals surface area contributed by atoms with Gasteiger partial charge in [0.05, 0.1) is 36.0 Å². The van der Waals surface area contributed by atoms with Crippen molar-refractivity contribution in [2.45, 2.75) is 19.1 Å². The summed E-state index contributed by atoms with van der Waals surface area (Å²) in [5.74, 6) is -1.23. The SMILES string of the molecule is COc1ncnc2c1c(/C=C/C(=O)N1CCc3c(nc(-c4ccccc4F)nc3C(F)(F)F)C1)c(-c1ccccc1)n2C. The first-order valence-corrected chi connectivity index (χ1v) is 13.3. The molecule has 0 atom stereocenters. The molecule has 43 heavy (non-hydrogen) atoms. The molecule has 0 radical (unpaired) electrons. The van der Waals surface area contributed by atoms with E-state index in [0.29, 0.717) is 22.5 Å². The van der Waals surface area contributed by atoms with Crippen LogP contribution in [0.1, 0.15) is 22.5 Å². The zero-order valence-corrected chi connectivity index (χ0v) is 23.1. The summed E-state index contributed by atoms with van der Waals surface area (Å²) in [5.41, 5.74) is 1.56. The first-order chi connectivity index (χ1) is 20.7. The van der Waals surface area contributed by atoms with Crippen molar-refractivity contribution in [2.24, 2.45) is 7.05 Å². The number of aromatic nitrogens is 5. The van der Waals surface area contributed by atoms with Gasteiger partial charge in [0.15, 0.2) is 11.5 Å². The van der Waals surface area contributed by atoms with Crippen LogP contribution in [-0.2, 0) is 31.0 Å². The average molecular weight is 589 g/mol. The predicted molar refractivity (Wildman–Crippen MR) is 151 cm³/mol. The van der Waals surface area contributed by atoms with Gasteiger partial charge in [-0.3, -0.25) is 4.79 Å². The molecule has 12 heteroatoms. The summed E-state index contributed by atoms with van der Waals surface area (Å²) < 4.78 is 63.9. The Hall–Kier alpha value is -5.13. The normalized spacial score (nSPS) is 13.5. The van der Waals surface area contributed by atoms with Gasteiger partial charge in [-0.05, 0) is 30.2 Å². The van der Waals surface area contributed by atoms with Crippen molar-refractivity contribution >= 4 is 23.0 Å². The summed E-state index contributed by atoms with van der Waals surface area (Å²) in [6.07, 6.45) is -0.482. The number of nitrogens with zero attached hydrogens (tertiary/aromatic N) is 6. The topological polar surface area (TPSA) is 86.0 Å². The highest BCUT2D eigenvalue weighted by atomic mass is 19.4.